The Morgan fingerprint density at radius 2 is 2.03 bits per heavy atom. The second-order valence-electron chi connectivity index (χ2n) is 8.93. The van der Waals surface area contributed by atoms with Crippen LogP contribution in [0.1, 0.15) is 25.5 Å². The summed E-state index contributed by atoms with van der Waals surface area (Å²) in [4.78, 5) is 8.42. The zero-order valence-corrected chi connectivity index (χ0v) is 21.0. The molecule has 2 atom stereocenters. The fraction of sp³-hybridized carbons (Fsp3) is 0.391. The predicted molar refractivity (Wildman–Crippen MR) is 132 cm³/mol. The average molecular weight is 549 g/mol. The Bertz CT molecular complexity index is 1360. The molecule has 1 aromatic carbocycles. The van der Waals surface area contributed by atoms with Gasteiger partial charge in [0.2, 0.25) is 5.95 Å². The number of halogens is 4. The molecule has 1 saturated heterocycles. The molecule has 0 radical (unpaired) electrons. The summed E-state index contributed by atoms with van der Waals surface area (Å²) in [5.41, 5.74) is 0.128. The van der Waals surface area contributed by atoms with E-state index in [0.29, 0.717) is 29.4 Å². The van der Waals surface area contributed by atoms with Crippen molar-refractivity contribution < 1.29 is 17.9 Å². The van der Waals surface area contributed by atoms with Gasteiger partial charge in [0, 0.05) is 30.2 Å². The molecule has 1 aliphatic heterocycles. The highest BCUT2D eigenvalue weighted by molar-refractivity contribution is 6.32. The van der Waals surface area contributed by atoms with E-state index in [4.69, 9.17) is 16.3 Å². The second kappa shape index (κ2) is 10.9. The minimum Gasteiger partial charge on any atom is -0.487 e. The van der Waals surface area contributed by atoms with Crippen LogP contribution in [0, 0.1) is 0 Å². The lowest BCUT2D eigenvalue weighted by molar-refractivity contribution is -0.140. The Morgan fingerprint density at radius 3 is 2.71 bits per heavy atom. The third kappa shape index (κ3) is 6.19. The van der Waals surface area contributed by atoms with Crippen molar-refractivity contribution in [3.05, 3.63) is 53.8 Å². The zero-order valence-electron chi connectivity index (χ0n) is 20.2. The number of alkyl halides is 3. The van der Waals surface area contributed by atoms with Gasteiger partial charge in [-0.3, -0.25) is 4.68 Å². The van der Waals surface area contributed by atoms with E-state index in [0.717, 1.165) is 24.9 Å². The van der Waals surface area contributed by atoms with Gasteiger partial charge in [0.25, 0.3) is 0 Å². The molecule has 0 bridgehead atoms. The van der Waals surface area contributed by atoms with Gasteiger partial charge in [0.05, 0.1) is 23.8 Å². The van der Waals surface area contributed by atoms with Crippen LogP contribution in [0.4, 0.5) is 24.8 Å². The van der Waals surface area contributed by atoms with Crippen LogP contribution in [-0.2, 0) is 19.3 Å². The van der Waals surface area contributed by atoms with E-state index in [-0.39, 0.29) is 23.8 Å². The fourth-order valence-corrected chi connectivity index (χ4v) is 4.33. The lowest BCUT2D eigenvalue weighted by Crippen LogP contribution is -2.27. The van der Waals surface area contributed by atoms with Crippen molar-refractivity contribution in [3.8, 4) is 16.9 Å². The van der Waals surface area contributed by atoms with E-state index in [1.807, 2.05) is 6.92 Å². The zero-order chi connectivity index (χ0) is 26.7. The van der Waals surface area contributed by atoms with Crippen LogP contribution in [-0.4, -0.2) is 58.6 Å². The maximum absolute atomic E-state index is 13.6. The molecule has 4 aromatic rings. The Balaban J connectivity index is 1.30. The van der Waals surface area contributed by atoms with Crippen molar-refractivity contribution in [1.82, 2.24) is 45.3 Å². The number of hydrogen-bond acceptors (Lipinski definition) is 9. The van der Waals surface area contributed by atoms with E-state index in [2.05, 4.69) is 41.2 Å². The van der Waals surface area contributed by atoms with Crippen molar-refractivity contribution in [2.75, 3.05) is 11.9 Å². The molecular weight excluding hydrogens is 525 g/mol. The number of rotatable bonds is 9. The topological polar surface area (TPSA) is 120 Å². The van der Waals surface area contributed by atoms with E-state index in [1.54, 1.807) is 22.9 Å². The first-order chi connectivity index (χ1) is 18.2. The van der Waals surface area contributed by atoms with Gasteiger partial charge in [-0.2, -0.15) is 18.3 Å². The summed E-state index contributed by atoms with van der Waals surface area (Å²) in [6, 6.07) is 5.30. The smallest absolute Gasteiger partial charge is 0.437 e. The SMILES string of the molecule is C[C@@H](Cn1cnnn1)Oc1cc(-c2cnc(Nc3cn(CC4CCCN4)nc3C(F)(F)F)nc2)ccc1Cl. The van der Waals surface area contributed by atoms with Gasteiger partial charge in [-0.1, -0.05) is 17.7 Å². The summed E-state index contributed by atoms with van der Waals surface area (Å²) < 4.78 is 49.7. The van der Waals surface area contributed by atoms with Gasteiger partial charge in [-0.05, 0) is 54.4 Å². The Labute approximate surface area is 220 Å². The fourth-order valence-electron chi connectivity index (χ4n) is 4.17. The highest BCUT2D eigenvalue weighted by atomic mass is 35.5. The van der Waals surface area contributed by atoms with Crippen LogP contribution in [0.5, 0.6) is 5.75 Å². The molecule has 1 fully saturated rings. The molecule has 2 N–H and O–H groups in total. The van der Waals surface area contributed by atoms with Crippen LogP contribution < -0.4 is 15.4 Å². The van der Waals surface area contributed by atoms with Crippen LogP contribution in [0.25, 0.3) is 11.1 Å². The van der Waals surface area contributed by atoms with E-state index >= 15 is 0 Å². The first-order valence-corrected chi connectivity index (χ1v) is 12.3. The monoisotopic (exact) mass is 548 g/mol. The molecule has 4 heterocycles. The van der Waals surface area contributed by atoms with Crippen LogP contribution in [0.2, 0.25) is 5.02 Å². The summed E-state index contributed by atoms with van der Waals surface area (Å²) in [6.07, 6.45) is 2.81. The Kier molecular flexibility index (Phi) is 7.42. The molecule has 0 saturated carbocycles. The number of benzene rings is 1. The number of nitrogens with zero attached hydrogens (tertiary/aromatic N) is 8. The quantitative estimate of drug-likeness (QED) is 0.320. The molecule has 3 aromatic heterocycles. The van der Waals surface area contributed by atoms with Crippen LogP contribution in [0.15, 0.2) is 43.1 Å². The van der Waals surface area contributed by atoms with Crippen LogP contribution in [0.3, 0.4) is 0 Å². The van der Waals surface area contributed by atoms with Gasteiger partial charge in [-0.25, -0.2) is 14.6 Å². The average Bonchev–Trinajstić information content (AvgIpc) is 3.64. The molecule has 0 amide bonds. The first kappa shape index (κ1) is 25.9. The van der Waals surface area contributed by atoms with Crippen LogP contribution >= 0.6 is 11.6 Å². The van der Waals surface area contributed by atoms with Crippen molar-refractivity contribution in [1.29, 1.82) is 0 Å². The predicted octanol–water partition coefficient (Wildman–Crippen LogP) is 3.96. The maximum atomic E-state index is 13.6. The third-order valence-corrected chi connectivity index (χ3v) is 6.24. The van der Waals surface area contributed by atoms with E-state index < -0.39 is 11.9 Å². The largest absolute Gasteiger partial charge is 0.487 e. The molecule has 1 aliphatic rings. The third-order valence-electron chi connectivity index (χ3n) is 5.93. The summed E-state index contributed by atoms with van der Waals surface area (Å²) in [6.45, 7) is 3.48. The van der Waals surface area contributed by atoms with Crippen molar-refractivity contribution in [2.45, 2.75) is 51.2 Å². The van der Waals surface area contributed by atoms with E-state index in [1.165, 1.54) is 29.6 Å². The molecule has 11 nitrogen and oxygen atoms in total. The van der Waals surface area contributed by atoms with Crippen molar-refractivity contribution in [2.24, 2.45) is 0 Å². The minimum absolute atomic E-state index is 0.0123. The number of tetrazole rings is 1. The lowest BCUT2D eigenvalue weighted by atomic mass is 10.1. The number of nitrogens with one attached hydrogen (secondary N) is 2. The standard InChI is InChI=1S/C23H24ClF3N10O/c1-14(10-37-13-31-34-35-37)38-20-7-15(4-5-18(20)24)16-8-29-22(30-9-16)32-19-12-36(11-17-3-2-6-28-17)33-21(19)23(25,26)27/h4-5,7-9,12-14,17,28H,2-3,6,10-11H2,1H3,(H,29,30,32)/t14-,17?/m0/s1. The normalized spacial score (nSPS) is 16.5. The van der Waals surface area contributed by atoms with Gasteiger partial charge in [0.1, 0.15) is 18.2 Å². The molecule has 38 heavy (non-hydrogen) atoms. The van der Waals surface area contributed by atoms with Crippen molar-refractivity contribution in [3.63, 3.8) is 0 Å². The molecule has 200 valence electrons. The highest BCUT2D eigenvalue weighted by Crippen LogP contribution is 2.35. The van der Waals surface area contributed by atoms with Gasteiger partial charge in [-0.15, -0.1) is 5.10 Å². The lowest BCUT2D eigenvalue weighted by Gasteiger charge is -2.16. The molecule has 1 unspecified atom stereocenters. The van der Waals surface area contributed by atoms with E-state index in [9.17, 15) is 13.2 Å². The van der Waals surface area contributed by atoms with Crippen molar-refractivity contribution >= 4 is 23.2 Å². The number of hydrogen-bond donors (Lipinski definition) is 2. The highest BCUT2D eigenvalue weighted by Gasteiger charge is 2.38. The summed E-state index contributed by atoms with van der Waals surface area (Å²) in [7, 11) is 0. The second-order valence-corrected chi connectivity index (χ2v) is 9.34. The van der Waals surface area contributed by atoms with Gasteiger partial charge in [0.15, 0.2) is 5.69 Å². The summed E-state index contributed by atoms with van der Waals surface area (Å²) in [5, 5.41) is 21.1. The number of anilines is 2. The van der Waals surface area contributed by atoms with Gasteiger partial charge < -0.3 is 15.4 Å². The first-order valence-electron chi connectivity index (χ1n) is 11.9. The molecule has 15 heteroatoms. The minimum atomic E-state index is -4.63. The molecule has 0 spiro atoms. The summed E-state index contributed by atoms with van der Waals surface area (Å²) >= 11 is 6.32. The number of ether oxygens (including phenoxy) is 1. The number of aromatic nitrogens is 8. The Morgan fingerprint density at radius 1 is 1.21 bits per heavy atom. The molecular formula is C23H24ClF3N10O. The summed E-state index contributed by atoms with van der Waals surface area (Å²) in [5.74, 6) is 0.462. The van der Waals surface area contributed by atoms with Gasteiger partial charge >= 0.3 is 6.18 Å². The molecule has 0 aliphatic carbocycles. The Hall–Kier alpha value is -3.78. The maximum Gasteiger partial charge on any atom is 0.437 e. The molecule has 5 rings (SSSR count).